The topological polar surface area (TPSA) is 46.2 Å². The summed E-state index contributed by atoms with van der Waals surface area (Å²) in [4.78, 5) is 0. The molecule has 0 amide bonds. The Morgan fingerprint density at radius 2 is 1.60 bits per heavy atom. The third kappa shape index (κ3) is 4.72. The van der Waals surface area contributed by atoms with E-state index in [1.54, 1.807) is 13.8 Å². The van der Waals surface area contributed by atoms with Crippen molar-refractivity contribution < 1.29 is 8.42 Å². The third-order valence-electron chi connectivity index (χ3n) is 3.70. The van der Waals surface area contributed by atoms with Crippen LogP contribution in [0, 0.1) is 0 Å². The summed E-state index contributed by atoms with van der Waals surface area (Å²) in [5.41, 5.74) is 1.19. The molecule has 5 heteroatoms. The summed E-state index contributed by atoms with van der Waals surface area (Å²) in [5, 5.41) is 4.68. The number of hydrogen-bond acceptors (Lipinski definition) is 3. The first-order valence-corrected chi connectivity index (χ1v) is 12.3. The van der Waals surface area contributed by atoms with Crippen molar-refractivity contribution in [1.29, 1.82) is 0 Å². The second kappa shape index (κ2) is 5.99. The van der Waals surface area contributed by atoms with Gasteiger partial charge >= 0.3 is 0 Å². The predicted molar refractivity (Wildman–Crippen MR) is 90.1 cm³/mol. The van der Waals surface area contributed by atoms with Crippen molar-refractivity contribution >= 4 is 23.1 Å². The van der Waals surface area contributed by atoms with E-state index in [0.29, 0.717) is 13.1 Å². The molecule has 0 bridgehead atoms. The van der Waals surface area contributed by atoms with E-state index in [2.05, 4.69) is 49.2 Å². The molecule has 0 aliphatic rings. The fourth-order valence-corrected chi connectivity index (χ4v) is 3.29. The standard InChI is InChI=1S/C15H27NO2SSi/c1-15(2,19(3,17)18)12-16-11-13-7-9-14(10-8-13)20(4,5)6/h7-10,16H,11-12H2,1-6H3. The van der Waals surface area contributed by atoms with Crippen molar-refractivity contribution in [3.63, 3.8) is 0 Å². The number of sulfone groups is 1. The van der Waals surface area contributed by atoms with Crippen molar-refractivity contribution in [1.82, 2.24) is 5.32 Å². The Balaban J connectivity index is 2.60. The number of hydrogen-bond donors (Lipinski definition) is 1. The monoisotopic (exact) mass is 313 g/mol. The molecule has 0 aliphatic carbocycles. The van der Waals surface area contributed by atoms with E-state index in [1.807, 2.05) is 0 Å². The lowest BCUT2D eigenvalue weighted by Gasteiger charge is -2.23. The lowest BCUT2D eigenvalue weighted by atomic mass is 10.2. The summed E-state index contributed by atoms with van der Waals surface area (Å²) in [7, 11) is -4.28. The van der Waals surface area contributed by atoms with Crippen LogP contribution in [-0.2, 0) is 16.4 Å². The predicted octanol–water partition coefficient (Wildman–Crippen LogP) is 2.14. The highest BCUT2D eigenvalue weighted by Gasteiger charge is 2.29. The smallest absolute Gasteiger partial charge is 0.153 e. The summed E-state index contributed by atoms with van der Waals surface area (Å²) < 4.78 is 22.5. The molecule has 0 saturated carbocycles. The fraction of sp³-hybridized carbons (Fsp3) is 0.600. The molecule has 0 radical (unpaired) electrons. The van der Waals surface area contributed by atoms with Crippen LogP contribution >= 0.6 is 0 Å². The van der Waals surface area contributed by atoms with Crippen LogP contribution in [0.3, 0.4) is 0 Å². The van der Waals surface area contributed by atoms with Crippen molar-refractivity contribution in [3.8, 4) is 0 Å². The van der Waals surface area contributed by atoms with Gasteiger partial charge in [0, 0.05) is 19.3 Å². The average Bonchev–Trinajstić information content (AvgIpc) is 2.26. The minimum atomic E-state index is -3.04. The van der Waals surface area contributed by atoms with Crippen LogP contribution in [0.4, 0.5) is 0 Å². The summed E-state index contributed by atoms with van der Waals surface area (Å²) in [5.74, 6) is 0. The van der Waals surface area contributed by atoms with Gasteiger partial charge in [0.2, 0.25) is 0 Å². The summed E-state index contributed by atoms with van der Waals surface area (Å²) in [6, 6.07) is 8.66. The Kier molecular flexibility index (Phi) is 5.22. The van der Waals surface area contributed by atoms with E-state index >= 15 is 0 Å². The van der Waals surface area contributed by atoms with Gasteiger partial charge in [-0.05, 0) is 19.4 Å². The Morgan fingerprint density at radius 3 is 2.00 bits per heavy atom. The maximum atomic E-state index is 11.6. The van der Waals surface area contributed by atoms with Crippen LogP contribution in [0.2, 0.25) is 19.6 Å². The van der Waals surface area contributed by atoms with Gasteiger partial charge in [0.05, 0.1) is 12.8 Å². The lowest BCUT2D eigenvalue weighted by molar-refractivity contribution is 0.521. The normalized spacial score (nSPS) is 13.5. The Labute approximate surface area is 124 Å². The molecule has 1 N–H and O–H groups in total. The van der Waals surface area contributed by atoms with Gasteiger partial charge in [0.25, 0.3) is 0 Å². The molecule has 0 saturated heterocycles. The van der Waals surface area contributed by atoms with E-state index in [-0.39, 0.29) is 0 Å². The van der Waals surface area contributed by atoms with E-state index in [1.165, 1.54) is 17.0 Å². The van der Waals surface area contributed by atoms with E-state index in [0.717, 1.165) is 0 Å². The molecule has 20 heavy (non-hydrogen) atoms. The number of rotatable bonds is 6. The summed E-state index contributed by atoms with van der Waals surface area (Å²) in [6.07, 6.45) is 1.29. The van der Waals surface area contributed by atoms with Gasteiger partial charge < -0.3 is 5.32 Å². The molecule has 0 aliphatic heterocycles. The molecular formula is C15H27NO2SSi. The third-order valence-corrected chi connectivity index (χ3v) is 7.92. The van der Waals surface area contributed by atoms with E-state index < -0.39 is 22.7 Å². The molecule has 0 heterocycles. The van der Waals surface area contributed by atoms with Gasteiger partial charge in [-0.1, -0.05) is 49.1 Å². The molecule has 1 aromatic rings. The van der Waals surface area contributed by atoms with E-state index in [9.17, 15) is 8.42 Å². The second-order valence-corrected chi connectivity index (χ2v) is 14.8. The zero-order chi connectivity index (χ0) is 15.6. The second-order valence-electron chi connectivity index (χ2n) is 7.08. The van der Waals surface area contributed by atoms with Gasteiger partial charge in [-0.3, -0.25) is 0 Å². The van der Waals surface area contributed by atoms with Crippen molar-refractivity contribution in [2.75, 3.05) is 12.8 Å². The number of nitrogens with one attached hydrogen (secondary N) is 1. The van der Waals surface area contributed by atoms with Crippen molar-refractivity contribution in [2.45, 2.75) is 44.8 Å². The molecule has 0 spiro atoms. The molecule has 0 fully saturated rings. The van der Waals surface area contributed by atoms with Crippen molar-refractivity contribution in [3.05, 3.63) is 29.8 Å². The first-order chi connectivity index (χ1) is 8.93. The van der Waals surface area contributed by atoms with Gasteiger partial charge in [-0.15, -0.1) is 0 Å². The molecule has 0 aromatic heterocycles. The quantitative estimate of drug-likeness (QED) is 0.819. The van der Waals surface area contributed by atoms with Crippen LogP contribution < -0.4 is 10.5 Å². The van der Waals surface area contributed by atoms with Gasteiger partial charge in [0.15, 0.2) is 9.84 Å². The Morgan fingerprint density at radius 1 is 1.10 bits per heavy atom. The minimum Gasteiger partial charge on any atom is -0.311 e. The largest absolute Gasteiger partial charge is 0.311 e. The maximum absolute atomic E-state index is 11.6. The zero-order valence-corrected chi connectivity index (χ0v) is 15.3. The molecule has 1 aromatic carbocycles. The van der Waals surface area contributed by atoms with Gasteiger partial charge in [-0.2, -0.15) is 0 Å². The molecule has 0 unspecified atom stereocenters. The highest BCUT2D eigenvalue weighted by Crippen LogP contribution is 2.13. The first-order valence-electron chi connectivity index (χ1n) is 6.93. The molecular weight excluding hydrogens is 286 g/mol. The van der Waals surface area contributed by atoms with Gasteiger partial charge in [0.1, 0.15) is 0 Å². The summed E-state index contributed by atoms with van der Waals surface area (Å²) in [6.45, 7) is 11.7. The summed E-state index contributed by atoms with van der Waals surface area (Å²) >= 11 is 0. The Hall–Kier alpha value is -0.653. The highest BCUT2D eigenvalue weighted by molar-refractivity contribution is 7.92. The maximum Gasteiger partial charge on any atom is 0.153 e. The fourth-order valence-electron chi connectivity index (χ4n) is 1.76. The minimum absolute atomic E-state index is 0.460. The average molecular weight is 314 g/mol. The van der Waals surface area contributed by atoms with Crippen LogP contribution in [0.1, 0.15) is 19.4 Å². The Bertz CT molecular complexity index is 542. The van der Waals surface area contributed by atoms with Crippen LogP contribution in [0.5, 0.6) is 0 Å². The highest BCUT2D eigenvalue weighted by atomic mass is 32.2. The van der Waals surface area contributed by atoms with Crippen LogP contribution in [-0.4, -0.2) is 34.0 Å². The zero-order valence-electron chi connectivity index (χ0n) is 13.4. The molecule has 0 atom stereocenters. The lowest BCUT2D eigenvalue weighted by Crippen LogP contribution is -2.41. The van der Waals surface area contributed by atoms with Crippen molar-refractivity contribution in [2.24, 2.45) is 0 Å². The molecule has 3 nitrogen and oxygen atoms in total. The van der Waals surface area contributed by atoms with E-state index in [4.69, 9.17) is 0 Å². The van der Waals surface area contributed by atoms with Gasteiger partial charge in [-0.25, -0.2) is 8.42 Å². The SMILES string of the molecule is CC(C)(CNCc1ccc([Si](C)(C)C)cc1)S(C)(=O)=O. The number of benzene rings is 1. The van der Waals surface area contributed by atoms with Crippen LogP contribution in [0.15, 0.2) is 24.3 Å². The molecule has 114 valence electrons. The molecule has 1 rings (SSSR count). The van der Waals surface area contributed by atoms with Crippen LogP contribution in [0.25, 0.3) is 0 Å². The first kappa shape index (κ1) is 17.4.